The molecule has 1 rings (SSSR count). The first-order valence-corrected chi connectivity index (χ1v) is 4.13. The van der Waals surface area contributed by atoms with Gasteiger partial charge in [0.15, 0.2) is 0 Å². The van der Waals surface area contributed by atoms with Crippen molar-refractivity contribution in [2.45, 2.75) is 0 Å². The summed E-state index contributed by atoms with van der Waals surface area (Å²) in [6, 6.07) is 10.3. The van der Waals surface area contributed by atoms with E-state index in [1.165, 1.54) is 5.30 Å². The Kier molecular flexibility index (Phi) is 6.18. The summed E-state index contributed by atoms with van der Waals surface area (Å²) < 4.78 is 0. The van der Waals surface area contributed by atoms with Crippen LogP contribution in [-0.2, 0) is 20.4 Å². The SMILES string of the molecule is NCPc1ccccc1.[Pd]. The maximum absolute atomic E-state index is 5.37. The van der Waals surface area contributed by atoms with E-state index in [1.807, 2.05) is 18.2 Å². The van der Waals surface area contributed by atoms with E-state index in [2.05, 4.69) is 12.1 Å². The van der Waals surface area contributed by atoms with Gasteiger partial charge >= 0.3 is 0 Å². The number of rotatable bonds is 2. The van der Waals surface area contributed by atoms with Crippen LogP contribution in [0.2, 0.25) is 0 Å². The molecule has 0 aliphatic heterocycles. The van der Waals surface area contributed by atoms with E-state index in [0.717, 1.165) is 14.9 Å². The molecule has 10 heavy (non-hydrogen) atoms. The zero-order valence-corrected chi connectivity index (χ0v) is 8.04. The van der Waals surface area contributed by atoms with E-state index in [1.54, 1.807) is 0 Å². The Labute approximate surface area is 76.8 Å². The Bertz CT molecular complexity index is 167. The molecule has 58 valence electrons. The van der Waals surface area contributed by atoms with Crippen molar-refractivity contribution in [1.29, 1.82) is 0 Å². The molecule has 0 fully saturated rings. The Balaban J connectivity index is 0.000000810. The van der Waals surface area contributed by atoms with Crippen molar-refractivity contribution in [3.63, 3.8) is 0 Å². The van der Waals surface area contributed by atoms with Gasteiger partial charge in [0.05, 0.1) is 0 Å². The van der Waals surface area contributed by atoms with Gasteiger partial charge in [0.2, 0.25) is 0 Å². The Morgan fingerprint density at radius 1 is 1.20 bits per heavy atom. The molecule has 0 aliphatic carbocycles. The van der Waals surface area contributed by atoms with Crippen molar-refractivity contribution < 1.29 is 20.4 Å². The molecule has 0 amide bonds. The van der Waals surface area contributed by atoms with Crippen LogP contribution in [0.15, 0.2) is 30.3 Å². The summed E-state index contributed by atoms with van der Waals surface area (Å²) in [6.45, 7) is 0. The third kappa shape index (κ3) is 3.44. The molecule has 0 heterocycles. The predicted octanol–water partition coefficient (Wildman–Crippen LogP) is 0.904. The summed E-state index contributed by atoms with van der Waals surface area (Å²) in [4.78, 5) is 0. The van der Waals surface area contributed by atoms with Gasteiger partial charge in [-0.2, -0.15) is 0 Å². The van der Waals surface area contributed by atoms with Crippen LogP contribution in [0.25, 0.3) is 0 Å². The van der Waals surface area contributed by atoms with Gasteiger partial charge in [0.1, 0.15) is 0 Å². The van der Waals surface area contributed by atoms with Crippen molar-refractivity contribution in [3.8, 4) is 0 Å². The first-order valence-electron chi connectivity index (χ1n) is 2.92. The predicted molar refractivity (Wildman–Crippen MR) is 43.4 cm³/mol. The Morgan fingerprint density at radius 2 is 1.80 bits per heavy atom. The normalized spacial score (nSPS) is 9.70. The molecule has 0 saturated carbocycles. The number of nitrogens with two attached hydrogens (primary N) is 1. The quantitative estimate of drug-likeness (QED) is 0.608. The molecule has 1 nitrogen and oxygen atoms in total. The third-order valence-electron chi connectivity index (χ3n) is 1.08. The minimum absolute atomic E-state index is 0. The molecule has 0 bridgehead atoms. The molecule has 1 unspecified atom stereocenters. The van der Waals surface area contributed by atoms with Crippen LogP contribution in [0.4, 0.5) is 0 Å². The number of hydrogen-bond donors (Lipinski definition) is 1. The summed E-state index contributed by atoms with van der Waals surface area (Å²) >= 11 is 0. The average molecular weight is 246 g/mol. The maximum Gasteiger partial charge on any atom is 0.0141 e. The second kappa shape index (κ2) is 6.01. The Hall–Kier alpha value is 0.272. The van der Waals surface area contributed by atoms with Gasteiger partial charge < -0.3 is 5.73 Å². The van der Waals surface area contributed by atoms with Crippen molar-refractivity contribution in [1.82, 2.24) is 0 Å². The van der Waals surface area contributed by atoms with Gasteiger partial charge in [-0.05, 0) is 5.30 Å². The van der Waals surface area contributed by atoms with Crippen LogP contribution in [0.3, 0.4) is 0 Å². The van der Waals surface area contributed by atoms with Crippen LogP contribution in [0.1, 0.15) is 0 Å². The second-order valence-corrected chi connectivity index (χ2v) is 3.09. The fourth-order valence-corrected chi connectivity index (χ4v) is 1.34. The molecule has 1 atom stereocenters. The summed E-state index contributed by atoms with van der Waals surface area (Å²) in [5, 5.41) is 1.35. The van der Waals surface area contributed by atoms with Gasteiger partial charge in [0.25, 0.3) is 0 Å². The summed E-state index contributed by atoms with van der Waals surface area (Å²) in [5.74, 6) is 0. The van der Waals surface area contributed by atoms with Crippen molar-refractivity contribution in [2.24, 2.45) is 5.73 Å². The topological polar surface area (TPSA) is 26.0 Å². The molecule has 1 aromatic carbocycles. The monoisotopic (exact) mass is 245 g/mol. The minimum Gasteiger partial charge on any atom is -0.327 e. The summed E-state index contributed by atoms with van der Waals surface area (Å²) in [5.41, 5.74) is 5.37. The summed E-state index contributed by atoms with van der Waals surface area (Å²) in [7, 11) is 0.765. The third-order valence-corrected chi connectivity index (χ3v) is 2.03. The van der Waals surface area contributed by atoms with Gasteiger partial charge in [-0.25, -0.2) is 0 Å². The molecule has 3 heteroatoms. The zero-order chi connectivity index (χ0) is 6.53. The molecule has 1 aromatic rings. The zero-order valence-electron chi connectivity index (χ0n) is 5.49. The second-order valence-electron chi connectivity index (χ2n) is 1.75. The first kappa shape index (κ1) is 10.3. The largest absolute Gasteiger partial charge is 0.327 e. The van der Waals surface area contributed by atoms with Crippen LogP contribution in [0, 0.1) is 0 Å². The number of hydrogen-bond acceptors (Lipinski definition) is 1. The minimum atomic E-state index is 0. The van der Waals surface area contributed by atoms with E-state index in [9.17, 15) is 0 Å². The summed E-state index contributed by atoms with van der Waals surface area (Å²) in [6.07, 6.45) is 0.768. The van der Waals surface area contributed by atoms with E-state index < -0.39 is 0 Å². The van der Waals surface area contributed by atoms with Gasteiger partial charge in [-0.15, -0.1) is 0 Å². The molecule has 0 spiro atoms. The fraction of sp³-hybridized carbons (Fsp3) is 0.143. The van der Waals surface area contributed by atoms with E-state index in [-0.39, 0.29) is 20.4 Å². The van der Waals surface area contributed by atoms with Crippen molar-refractivity contribution >= 4 is 13.9 Å². The molecule has 0 saturated heterocycles. The van der Waals surface area contributed by atoms with Gasteiger partial charge in [-0.3, -0.25) is 0 Å². The van der Waals surface area contributed by atoms with E-state index in [4.69, 9.17) is 5.73 Å². The first-order chi connectivity index (χ1) is 4.43. The Morgan fingerprint density at radius 3 is 2.30 bits per heavy atom. The molecule has 0 aliphatic rings. The molecule has 2 N–H and O–H groups in total. The number of benzene rings is 1. The average Bonchev–Trinajstić information content (AvgIpc) is 1.91. The molecular formula is C7H10NPPd. The van der Waals surface area contributed by atoms with Gasteiger partial charge in [0, 0.05) is 26.7 Å². The molecule has 0 aromatic heterocycles. The van der Waals surface area contributed by atoms with Crippen LogP contribution >= 0.6 is 8.58 Å². The fourth-order valence-electron chi connectivity index (χ4n) is 0.674. The van der Waals surface area contributed by atoms with E-state index in [0.29, 0.717) is 0 Å². The van der Waals surface area contributed by atoms with Crippen LogP contribution in [-0.4, -0.2) is 6.29 Å². The maximum atomic E-state index is 5.37. The van der Waals surface area contributed by atoms with Crippen molar-refractivity contribution in [3.05, 3.63) is 30.3 Å². The van der Waals surface area contributed by atoms with Crippen LogP contribution < -0.4 is 11.0 Å². The smallest absolute Gasteiger partial charge is 0.0141 e. The van der Waals surface area contributed by atoms with Gasteiger partial charge in [-0.1, -0.05) is 38.9 Å². The van der Waals surface area contributed by atoms with E-state index >= 15 is 0 Å². The molecular weight excluding hydrogens is 235 g/mol. The standard InChI is InChI=1S/C7H10NP.Pd/c8-6-9-7-4-2-1-3-5-7;/h1-5,9H,6,8H2;. The van der Waals surface area contributed by atoms with Crippen molar-refractivity contribution in [2.75, 3.05) is 6.29 Å². The van der Waals surface area contributed by atoms with Crippen LogP contribution in [0.5, 0.6) is 0 Å². The molecule has 0 radical (unpaired) electrons.